The third-order valence-electron chi connectivity index (χ3n) is 5.45. The van der Waals surface area contributed by atoms with E-state index in [1.165, 1.54) is 0 Å². The maximum atomic E-state index is 12.7. The number of anilines is 1. The molecule has 1 amide bonds. The molecule has 3 aromatic carbocycles. The smallest absolute Gasteiger partial charge is 0.231 e. The standard InChI is InChI=1S/C24H21N3O2/c1-27-21-8-4-3-7-20(21)26-23(27)16-10-12-19(13-11-16)25-24(28)18-14-17-6-2-5-9-22(17)29-15-18/h2-13,18H,14-15H2,1H3,(H,25,28). The van der Waals surface area contributed by atoms with Crippen LogP contribution in [0.3, 0.4) is 0 Å². The van der Waals surface area contributed by atoms with Crippen LogP contribution >= 0.6 is 0 Å². The summed E-state index contributed by atoms with van der Waals surface area (Å²) in [6, 6.07) is 23.8. The first-order chi connectivity index (χ1) is 14.2. The van der Waals surface area contributed by atoms with E-state index in [2.05, 4.69) is 16.0 Å². The minimum absolute atomic E-state index is 0.0185. The molecule has 1 N–H and O–H groups in total. The van der Waals surface area contributed by atoms with Gasteiger partial charge in [-0.15, -0.1) is 0 Å². The Hall–Kier alpha value is -3.60. The number of imidazole rings is 1. The van der Waals surface area contributed by atoms with E-state index in [0.29, 0.717) is 13.0 Å². The topological polar surface area (TPSA) is 56.2 Å². The van der Waals surface area contributed by atoms with Crippen molar-refractivity contribution in [2.45, 2.75) is 6.42 Å². The summed E-state index contributed by atoms with van der Waals surface area (Å²) in [6.45, 7) is 0.404. The van der Waals surface area contributed by atoms with Crippen LogP contribution < -0.4 is 10.1 Å². The van der Waals surface area contributed by atoms with Gasteiger partial charge in [-0.1, -0.05) is 30.3 Å². The second-order valence-electron chi connectivity index (χ2n) is 7.37. The first kappa shape index (κ1) is 17.5. The van der Waals surface area contributed by atoms with E-state index in [0.717, 1.165) is 39.4 Å². The fourth-order valence-corrected chi connectivity index (χ4v) is 3.85. The van der Waals surface area contributed by atoms with Crippen LogP contribution in [0.15, 0.2) is 72.8 Å². The van der Waals surface area contributed by atoms with Gasteiger partial charge in [0.05, 0.1) is 17.0 Å². The molecular formula is C24H21N3O2. The zero-order valence-electron chi connectivity index (χ0n) is 16.1. The number of nitrogens with one attached hydrogen (secondary N) is 1. The maximum Gasteiger partial charge on any atom is 0.231 e. The van der Waals surface area contributed by atoms with Crippen LogP contribution in [-0.4, -0.2) is 22.1 Å². The Morgan fingerprint density at radius 2 is 1.79 bits per heavy atom. The third kappa shape index (κ3) is 3.25. The number of fused-ring (bicyclic) bond motifs is 2. The van der Waals surface area contributed by atoms with E-state index in [1.807, 2.05) is 73.8 Å². The number of ether oxygens (including phenoxy) is 1. The van der Waals surface area contributed by atoms with Gasteiger partial charge in [0.1, 0.15) is 18.2 Å². The summed E-state index contributed by atoms with van der Waals surface area (Å²) < 4.78 is 7.83. The summed E-state index contributed by atoms with van der Waals surface area (Å²) in [6.07, 6.45) is 0.694. The van der Waals surface area contributed by atoms with Crippen molar-refractivity contribution in [3.05, 3.63) is 78.4 Å². The van der Waals surface area contributed by atoms with Gasteiger partial charge in [-0.2, -0.15) is 0 Å². The number of aromatic nitrogens is 2. The molecule has 2 heterocycles. The van der Waals surface area contributed by atoms with Crippen molar-refractivity contribution in [1.82, 2.24) is 9.55 Å². The number of nitrogens with zero attached hydrogens (tertiary/aromatic N) is 2. The molecule has 0 fully saturated rings. The highest BCUT2D eigenvalue weighted by Crippen LogP contribution is 2.28. The van der Waals surface area contributed by atoms with Gasteiger partial charge in [0.25, 0.3) is 0 Å². The van der Waals surface area contributed by atoms with Gasteiger partial charge in [0.15, 0.2) is 0 Å². The Morgan fingerprint density at radius 3 is 2.62 bits per heavy atom. The first-order valence-corrected chi connectivity index (χ1v) is 9.72. The first-order valence-electron chi connectivity index (χ1n) is 9.72. The molecule has 5 rings (SSSR count). The van der Waals surface area contributed by atoms with Crippen LogP contribution in [0, 0.1) is 5.92 Å². The van der Waals surface area contributed by atoms with Crippen LogP contribution in [0.1, 0.15) is 5.56 Å². The van der Waals surface area contributed by atoms with Crippen LogP contribution in [0.4, 0.5) is 5.69 Å². The van der Waals surface area contributed by atoms with E-state index < -0.39 is 0 Å². The molecule has 0 saturated heterocycles. The lowest BCUT2D eigenvalue weighted by molar-refractivity contribution is -0.121. The van der Waals surface area contributed by atoms with Gasteiger partial charge in [0.2, 0.25) is 5.91 Å². The quantitative estimate of drug-likeness (QED) is 0.569. The Balaban J connectivity index is 1.32. The molecule has 29 heavy (non-hydrogen) atoms. The average Bonchev–Trinajstić information content (AvgIpc) is 3.10. The van der Waals surface area contributed by atoms with Crippen molar-refractivity contribution in [2.24, 2.45) is 13.0 Å². The molecule has 4 aromatic rings. The molecular weight excluding hydrogens is 362 g/mol. The number of benzene rings is 3. The molecule has 1 aromatic heterocycles. The Kier molecular flexibility index (Phi) is 4.28. The van der Waals surface area contributed by atoms with E-state index in [4.69, 9.17) is 9.72 Å². The molecule has 0 aliphatic carbocycles. The van der Waals surface area contributed by atoms with Crippen LogP contribution in [0.2, 0.25) is 0 Å². The van der Waals surface area contributed by atoms with Crippen LogP contribution in [0.5, 0.6) is 5.75 Å². The monoisotopic (exact) mass is 383 g/mol. The Bertz CT molecular complexity index is 1190. The summed E-state index contributed by atoms with van der Waals surface area (Å²) in [4.78, 5) is 17.4. The second-order valence-corrected chi connectivity index (χ2v) is 7.37. The molecule has 1 unspecified atom stereocenters. The van der Waals surface area contributed by atoms with Crippen molar-refractivity contribution >= 4 is 22.6 Å². The van der Waals surface area contributed by atoms with Crippen LogP contribution in [-0.2, 0) is 18.3 Å². The molecule has 1 aliphatic heterocycles. The fraction of sp³-hybridized carbons (Fsp3) is 0.167. The van der Waals surface area contributed by atoms with Crippen LogP contribution in [0.25, 0.3) is 22.4 Å². The minimum atomic E-state index is -0.190. The number of hydrogen-bond donors (Lipinski definition) is 1. The lowest BCUT2D eigenvalue weighted by atomic mass is 9.96. The fourth-order valence-electron chi connectivity index (χ4n) is 3.85. The largest absolute Gasteiger partial charge is 0.492 e. The zero-order chi connectivity index (χ0) is 19.8. The molecule has 0 saturated carbocycles. The zero-order valence-corrected chi connectivity index (χ0v) is 16.1. The lowest BCUT2D eigenvalue weighted by Crippen LogP contribution is -2.32. The number of para-hydroxylation sites is 3. The predicted molar refractivity (Wildman–Crippen MR) is 114 cm³/mol. The van der Waals surface area contributed by atoms with Crippen molar-refractivity contribution in [2.75, 3.05) is 11.9 Å². The van der Waals surface area contributed by atoms with Gasteiger partial charge in [-0.25, -0.2) is 4.98 Å². The van der Waals surface area contributed by atoms with Crippen molar-refractivity contribution in [3.63, 3.8) is 0 Å². The summed E-state index contributed by atoms with van der Waals surface area (Å²) in [5.74, 6) is 1.57. The van der Waals surface area contributed by atoms with E-state index in [9.17, 15) is 4.79 Å². The number of carbonyl (C=O) groups excluding carboxylic acids is 1. The SMILES string of the molecule is Cn1c(-c2ccc(NC(=O)C3COc4ccccc4C3)cc2)nc2ccccc21. The summed E-state index contributed by atoms with van der Waals surface area (Å²) in [5.41, 5.74) is 4.93. The Morgan fingerprint density at radius 1 is 1.03 bits per heavy atom. The molecule has 5 nitrogen and oxygen atoms in total. The second kappa shape index (κ2) is 7.09. The third-order valence-corrected chi connectivity index (χ3v) is 5.45. The number of hydrogen-bond acceptors (Lipinski definition) is 3. The molecule has 1 atom stereocenters. The average molecular weight is 383 g/mol. The highest BCUT2D eigenvalue weighted by molar-refractivity contribution is 5.93. The van der Waals surface area contributed by atoms with Gasteiger partial charge in [0, 0.05) is 18.3 Å². The Labute approximate surface area is 169 Å². The summed E-state index contributed by atoms with van der Waals surface area (Å²) in [7, 11) is 2.02. The highest BCUT2D eigenvalue weighted by atomic mass is 16.5. The number of aryl methyl sites for hydroxylation is 1. The van der Waals surface area contributed by atoms with Gasteiger partial charge in [-0.3, -0.25) is 4.79 Å². The lowest BCUT2D eigenvalue weighted by Gasteiger charge is -2.24. The normalized spacial score (nSPS) is 15.6. The van der Waals surface area contributed by atoms with Crippen molar-refractivity contribution in [3.8, 4) is 17.1 Å². The van der Waals surface area contributed by atoms with Crippen molar-refractivity contribution in [1.29, 1.82) is 0 Å². The van der Waals surface area contributed by atoms with Gasteiger partial charge >= 0.3 is 0 Å². The predicted octanol–water partition coefficient (Wildman–Crippen LogP) is 4.43. The molecule has 0 bridgehead atoms. The number of rotatable bonds is 3. The van der Waals surface area contributed by atoms with Gasteiger partial charge in [-0.05, 0) is 54.4 Å². The number of amides is 1. The maximum absolute atomic E-state index is 12.7. The molecule has 5 heteroatoms. The van der Waals surface area contributed by atoms with Crippen molar-refractivity contribution < 1.29 is 9.53 Å². The molecule has 0 spiro atoms. The van der Waals surface area contributed by atoms with E-state index in [-0.39, 0.29) is 11.8 Å². The van der Waals surface area contributed by atoms with Gasteiger partial charge < -0.3 is 14.6 Å². The highest BCUT2D eigenvalue weighted by Gasteiger charge is 2.25. The summed E-state index contributed by atoms with van der Waals surface area (Å²) in [5, 5.41) is 3.02. The molecule has 1 aliphatic rings. The molecule has 0 radical (unpaired) electrons. The minimum Gasteiger partial charge on any atom is -0.492 e. The van der Waals surface area contributed by atoms with E-state index in [1.54, 1.807) is 0 Å². The molecule has 144 valence electrons. The summed E-state index contributed by atoms with van der Waals surface area (Å²) >= 11 is 0. The van der Waals surface area contributed by atoms with E-state index >= 15 is 0 Å². The number of carbonyl (C=O) groups is 1.